The van der Waals surface area contributed by atoms with E-state index in [0.29, 0.717) is 0 Å². The Morgan fingerprint density at radius 2 is 1.86 bits per heavy atom. The number of rotatable bonds is 3. The summed E-state index contributed by atoms with van der Waals surface area (Å²) in [6.07, 6.45) is 4.43. The minimum absolute atomic E-state index is 0.0359. The molecule has 0 radical (unpaired) electrons. The predicted octanol–water partition coefficient (Wildman–Crippen LogP) is 2.02. The van der Waals surface area contributed by atoms with Crippen LogP contribution < -0.4 is 11.3 Å². The maximum Gasteiger partial charge on any atom is 0.331 e. The molecular weight excluding hydrogens is 272 g/mol. The van der Waals surface area contributed by atoms with Crippen LogP contribution in [0.5, 0.6) is 0 Å². The molecule has 1 aromatic carbocycles. The first-order chi connectivity index (χ1) is 9.89. The molecule has 0 saturated carbocycles. The third-order valence-corrected chi connectivity index (χ3v) is 3.02. The largest absolute Gasteiger partial charge is 0.481 e. The average Bonchev–Trinajstić information content (AvgIpc) is 2.48. The summed E-state index contributed by atoms with van der Waals surface area (Å²) >= 11 is 0. The number of benzene rings is 1. The normalized spacial score (nSPS) is 19.8. The molecule has 5 N–H and O–H groups in total. The van der Waals surface area contributed by atoms with Crippen LogP contribution in [-0.4, -0.2) is 22.2 Å². The molecule has 0 saturated heterocycles. The Morgan fingerprint density at radius 1 is 1.24 bits per heavy atom. The highest BCUT2D eigenvalue weighted by atomic mass is 16.4. The smallest absolute Gasteiger partial charge is 0.331 e. The lowest BCUT2D eigenvalue weighted by Crippen LogP contribution is -2.28. The fraction of sp³-hybridized carbons (Fsp3) is 0.200. The number of carboxylic acid groups (broad SMARTS) is 2. The van der Waals surface area contributed by atoms with E-state index >= 15 is 0 Å². The molecule has 1 atom stereocenters. The van der Waals surface area contributed by atoms with Gasteiger partial charge in [0.2, 0.25) is 0 Å². The van der Waals surface area contributed by atoms with Gasteiger partial charge in [-0.1, -0.05) is 36.4 Å². The number of aliphatic carboxylic acids is 2. The van der Waals surface area contributed by atoms with Crippen molar-refractivity contribution in [2.24, 2.45) is 11.3 Å². The molecule has 6 heteroatoms. The molecule has 0 aromatic heterocycles. The van der Waals surface area contributed by atoms with Crippen molar-refractivity contribution in [3.63, 3.8) is 0 Å². The Labute approximate surface area is 122 Å². The van der Waals surface area contributed by atoms with E-state index in [4.69, 9.17) is 16.1 Å². The molecule has 0 amide bonds. The summed E-state index contributed by atoms with van der Waals surface area (Å²) in [5.41, 5.74) is 2.52. The second-order valence-electron chi connectivity index (χ2n) is 4.77. The summed E-state index contributed by atoms with van der Waals surface area (Å²) in [7, 11) is 0. The van der Waals surface area contributed by atoms with Crippen LogP contribution in [0.25, 0.3) is 0 Å². The molecule has 2 rings (SSSR count). The van der Waals surface area contributed by atoms with E-state index < -0.39 is 17.4 Å². The van der Waals surface area contributed by atoms with Crippen LogP contribution in [0.2, 0.25) is 0 Å². The van der Waals surface area contributed by atoms with Crippen molar-refractivity contribution >= 4 is 17.6 Å². The molecule has 112 valence electrons. The summed E-state index contributed by atoms with van der Waals surface area (Å²) in [6.45, 7) is 1.50. The van der Waals surface area contributed by atoms with Crippen molar-refractivity contribution < 1.29 is 19.8 Å². The van der Waals surface area contributed by atoms with Crippen molar-refractivity contribution in [1.82, 2.24) is 0 Å². The van der Waals surface area contributed by atoms with Gasteiger partial charge in [-0.2, -0.15) is 0 Å². The van der Waals surface area contributed by atoms with Crippen molar-refractivity contribution in [2.75, 3.05) is 5.43 Å². The van der Waals surface area contributed by atoms with Crippen LogP contribution in [0.15, 0.2) is 54.1 Å². The van der Waals surface area contributed by atoms with Gasteiger partial charge in [0.1, 0.15) is 0 Å². The lowest BCUT2D eigenvalue weighted by atomic mass is 9.80. The number of carbonyl (C=O) groups is 2. The van der Waals surface area contributed by atoms with E-state index in [-0.39, 0.29) is 12.0 Å². The van der Waals surface area contributed by atoms with Crippen molar-refractivity contribution in [3.05, 3.63) is 54.1 Å². The number of nitrogens with two attached hydrogens (primary N) is 1. The van der Waals surface area contributed by atoms with Crippen LogP contribution in [0.4, 0.5) is 5.69 Å². The van der Waals surface area contributed by atoms with Gasteiger partial charge >= 0.3 is 11.9 Å². The van der Waals surface area contributed by atoms with E-state index in [0.717, 1.165) is 5.69 Å². The summed E-state index contributed by atoms with van der Waals surface area (Å²) in [4.78, 5) is 21.3. The van der Waals surface area contributed by atoms with Crippen molar-refractivity contribution in [1.29, 1.82) is 0 Å². The number of para-hydroxylation sites is 1. The SMILES string of the molecule is CC1(C(=O)O)C=CC=C(C(=O)O)C1.NNc1ccccc1. The Hall–Kier alpha value is -2.60. The maximum absolute atomic E-state index is 10.8. The molecule has 1 aromatic rings. The van der Waals surface area contributed by atoms with Gasteiger partial charge in [-0.15, -0.1) is 0 Å². The molecule has 6 nitrogen and oxygen atoms in total. The van der Waals surface area contributed by atoms with E-state index in [9.17, 15) is 9.59 Å². The lowest BCUT2D eigenvalue weighted by molar-refractivity contribution is -0.145. The molecule has 0 fully saturated rings. The predicted molar refractivity (Wildman–Crippen MR) is 79.5 cm³/mol. The minimum atomic E-state index is -1.08. The van der Waals surface area contributed by atoms with E-state index in [1.54, 1.807) is 0 Å². The monoisotopic (exact) mass is 290 g/mol. The highest BCUT2D eigenvalue weighted by molar-refractivity contribution is 5.90. The number of nitrogen functional groups attached to an aromatic ring is 1. The topological polar surface area (TPSA) is 113 Å². The summed E-state index contributed by atoms with van der Waals surface area (Å²) in [5, 5.41) is 17.5. The van der Waals surface area contributed by atoms with Gasteiger partial charge in [-0.05, 0) is 25.5 Å². The van der Waals surface area contributed by atoms with Gasteiger partial charge in [0.05, 0.1) is 5.41 Å². The molecule has 0 aliphatic heterocycles. The first kappa shape index (κ1) is 16.5. The Morgan fingerprint density at radius 3 is 2.29 bits per heavy atom. The molecule has 1 unspecified atom stereocenters. The van der Waals surface area contributed by atoms with E-state index in [2.05, 4.69) is 5.43 Å². The number of hydrogen-bond acceptors (Lipinski definition) is 4. The maximum atomic E-state index is 10.8. The van der Waals surface area contributed by atoms with Gasteiger partial charge in [0.15, 0.2) is 0 Å². The first-order valence-electron chi connectivity index (χ1n) is 6.26. The van der Waals surface area contributed by atoms with E-state index in [1.165, 1.54) is 25.2 Å². The zero-order valence-electron chi connectivity index (χ0n) is 11.6. The highest BCUT2D eigenvalue weighted by Crippen LogP contribution is 2.31. The molecular formula is C15H18N2O4. The van der Waals surface area contributed by atoms with Crippen molar-refractivity contribution in [3.8, 4) is 0 Å². The number of allylic oxidation sites excluding steroid dienone is 2. The second kappa shape index (κ2) is 7.25. The number of hydrazine groups is 1. The van der Waals surface area contributed by atoms with Gasteiger partial charge in [0.25, 0.3) is 0 Å². The molecule has 0 bridgehead atoms. The average molecular weight is 290 g/mol. The summed E-state index contributed by atoms with van der Waals surface area (Å²) < 4.78 is 0. The molecule has 0 spiro atoms. The molecule has 0 heterocycles. The highest BCUT2D eigenvalue weighted by Gasteiger charge is 2.34. The number of carboxylic acids is 2. The lowest BCUT2D eigenvalue weighted by Gasteiger charge is -2.23. The third-order valence-electron chi connectivity index (χ3n) is 3.02. The van der Waals surface area contributed by atoms with Gasteiger partial charge < -0.3 is 15.6 Å². The number of nitrogens with one attached hydrogen (secondary N) is 1. The molecule has 1 aliphatic rings. The van der Waals surface area contributed by atoms with Gasteiger partial charge in [-0.3, -0.25) is 10.6 Å². The first-order valence-corrected chi connectivity index (χ1v) is 6.26. The second-order valence-corrected chi connectivity index (χ2v) is 4.77. The van der Waals surface area contributed by atoms with Crippen LogP contribution in [-0.2, 0) is 9.59 Å². The van der Waals surface area contributed by atoms with Crippen LogP contribution in [0, 0.1) is 5.41 Å². The standard InChI is InChI=1S/C9H10O4.C6H8N2/c1-9(8(12)13)4-2-3-6(5-9)7(10)11;7-8-6-4-2-1-3-5-6/h2-4H,5H2,1H3,(H,10,11)(H,12,13);1-5,8H,7H2. The quantitative estimate of drug-likeness (QED) is 0.500. The van der Waals surface area contributed by atoms with Crippen LogP contribution in [0.1, 0.15) is 13.3 Å². The van der Waals surface area contributed by atoms with Gasteiger partial charge in [-0.25, -0.2) is 4.79 Å². The number of hydrogen-bond donors (Lipinski definition) is 4. The Balaban J connectivity index is 0.000000235. The molecule has 1 aliphatic carbocycles. The van der Waals surface area contributed by atoms with Crippen molar-refractivity contribution in [2.45, 2.75) is 13.3 Å². The zero-order chi connectivity index (χ0) is 15.9. The summed E-state index contributed by atoms with van der Waals surface area (Å²) in [5.74, 6) is 3.04. The van der Waals surface area contributed by atoms with Gasteiger partial charge in [0, 0.05) is 11.3 Å². The van der Waals surface area contributed by atoms with E-state index in [1.807, 2.05) is 30.3 Å². The van der Waals surface area contributed by atoms with Crippen LogP contribution in [0.3, 0.4) is 0 Å². The van der Waals surface area contributed by atoms with Crippen LogP contribution >= 0.6 is 0 Å². The Bertz CT molecular complexity index is 566. The number of anilines is 1. The fourth-order valence-electron chi connectivity index (χ4n) is 1.72. The molecule has 21 heavy (non-hydrogen) atoms. The third kappa shape index (κ3) is 4.77. The zero-order valence-corrected chi connectivity index (χ0v) is 11.6. The summed E-state index contributed by atoms with van der Waals surface area (Å²) in [6, 6.07) is 9.60. The fourth-order valence-corrected chi connectivity index (χ4v) is 1.72. The Kier molecular flexibility index (Phi) is 5.68. The minimum Gasteiger partial charge on any atom is -0.481 e.